The summed E-state index contributed by atoms with van der Waals surface area (Å²) in [6, 6.07) is 5.81. The Morgan fingerprint density at radius 2 is 2.20 bits per heavy atom. The predicted molar refractivity (Wildman–Crippen MR) is 93.0 cm³/mol. The number of carbonyl (C=O) groups is 2. The summed E-state index contributed by atoms with van der Waals surface area (Å²) in [7, 11) is 0. The molecule has 0 aliphatic carbocycles. The highest BCUT2D eigenvalue weighted by atomic mass is 16.6. The van der Waals surface area contributed by atoms with E-state index < -0.39 is 11.7 Å². The van der Waals surface area contributed by atoms with Crippen molar-refractivity contribution in [2.45, 2.75) is 39.5 Å². The van der Waals surface area contributed by atoms with Gasteiger partial charge in [-0.15, -0.1) is 0 Å². The summed E-state index contributed by atoms with van der Waals surface area (Å²) in [6.45, 7) is 7.66. The summed E-state index contributed by atoms with van der Waals surface area (Å²) in [5.41, 5.74) is 2.18. The Morgan fingerprint density at radius 3 is 2.88 bits per heavy atom. The average Bonchev–Trinajstić information content (AvgIpc) is 3.09. The van der Waals surface area contributed by atoms with Gasteiger partial charge in [-0.2, -0.15) is 0 Å². The van der Waals surface area contributed by atoms with Gasteiger partial charge in [0.05, 0.1) is 17.6 Å². The number of hydrogen-bond acceptors (Lipinski definition) is 4. The molecule has 3 N–H and O–H groups in total. The molecule has 134 valence electrons. The fraction of sp³-hybridized carbons (Fsp3) is 0.471. The van der Waals surface area contributed by atoms with Gasteiger partial charge in [-0.25, -0.2) is 14.6 Å². The highest BCUT2D eigenvalue weighted by Gasteiger charge is 2.19. The van der Waals surface area contributed by atoms with E-state index in [9.17, 15) is 9.59 Å². The Balaban J connectivity index is 1.64. The van der Waals surface area contributed by atoms with Crippen molar-refractivity contribution in [1.82, 2.24) is 25.5 Å². The number of alkyl carbamates (subject to hydrolysis) is 1. The van der Waals surface area contributed by atoms with Crippen molar-refractivity contribution in [3.8, 4) is 0 Å². The largest absolute Gasteiger partial charge is 0.444 e. The first kappa shape index (κ1) is 17.1. The van der Waals surface area contributed by atoms with Crippen LogP contribution in [0.1, 0.15) is 32.2 Å². The van der Waals surface area contributed by atoms with E-state index in [1.807, 2.05) is 39.0 Å². The van der Waals surface area contributed by atoms with Crippen LogP contribution in [0.3, 0.4) is 0 Å². The molecule has 0 bridgehead atoms. The average molecular weight is 345 g/mol. The minimum absolute atomic E-state index is 0.0352. The first-order valence-electron chi connectivity index (χ1n) is 8.27. The number of benzene rings is 1. The van der Waals surface area contributed by atoms with Crippen molar-refractivity contribution in [2.75, 3.05) is 13.1 Å². The SMILES string of the molecule is CC(C)(C)OC(=O)NCc1nc2ccc(CN3CCNC3=O)cc2[nH]1. The number of hydrogen-bond donors (Lipinski definition) is 3. The number of aromatic amines is 1. The zero-order valence-electron chi connectivity index (χ0n) is 14.7. The molecule has 3 rings (SSSR count). The second-order valence-corrected chi connectivity index (χ2v) is 7.04. The molecule has 0 radical (unpaired) electrons. The normalized spacial score (nSPS) is 14.7. The van der Waals surface area contributed by atoms with Crippen LogP contribution in [0, 0.1) is 0 Å². The zero-order valence-corrected chi connectivity index (χ0v) is 14.7. The third kappa shape index (κ3) is 4.40. The number of imidazole rings is 1. The van der Waals surface area contributed by atoms with Gasteiger partial charge < -0.3 is 25.3 Å². The van der Waals surface area contributed by atoms with Crippen molar-refractivity contribution >= 4 is 23.2 Å². The van der Waals surface area contributed by atoms with Crippen LogP contribution in [0.15, 0.2) is 18.2 Å². The molecule has 0 atom stereocenters. The topological polar surface area (TPSA) is 99.3 Å². The molecule has 3 amide bonds. The molecule has 1 aromatic carbocycles. The predicted octanol–water partition coefficient (Wildman–Crippen LogP) is 2.11. The van der Waals surface area contributed by atoms with Gasteiger partial charge >= 0.3 is 12.1 Å². The number of H-pyrrole nitrogens is 1. The molecule has 1 saturated heterocycles. The van der Waals surface area contributed by atoms with E-state index in [4.69, 9.17) is 4.74 Å². The minimum Gasteiger partial charge on any atom is -0.444 e. The number of urea groups is 1. The number of fused-ring (bicyclic) bond motifs is 1. The Labute approximate surface area is 145 Å². The van der Waals surface area contributed by atoms with Crippen LogP contribution < -0.4 is 10.6 Å². The lowest BCUT2D eigenvalue weighted by Crippen LogP contribution is -2.32. The Hall–Kier alpha value is -2.77. The van der Waals surface area contributed by atoms with Crippen LogP contribution in [0.2, 0.25) is 0 Å². The van der Waals surface area contributed by atoms with Crippen LogP contribution in [-0.2, 0) is 17.8 Å². The maximum absolute atomic E-state index is 11.7. The van der Waals surface area contributed by atoms with E-state index >= 15 is 0 Å². The molecule has 1 aromatic heterocycles. The van der Waals surface area contributed by atoms with Gasteiger partial charge in [0, 0.05) is 19.6 Å². The summed E-state index contributed by atoms with van der Waals surface area (Å²) in [4.78, 5) is 32.8. The fourth-order valence-electron chi connectivity index (χ4n) is 2.64. The summed E-state index contributed by atoms with van der Waals surface area (Å²) >= 11 is 0. The number of aromatic nitrogens is 2. The second-order valence-electron chi connectivity index (χ2n) is 7.04. The lowest BCUT2D eigenvalue weighted by molar-refractivity contribution is 0.0522. The smallest absolute Gasteiger partial charge is 0.408 e. The molecular formula is C17H23N5O3. The van der Waals surface area contributed by atoms with Gasteiger partial charge in [0.25, 0.3) is 0 Å². The summed E-state index contributed by atoms with van der Waals surface area (Å²) in [6.07, 6.45) is -0.478. The molecule has 8 heteroatoms. The summed E-state index contributed by atoms with van der Waals surface area (Å²) < 4.78 is 5.20. The number of nitrogens with one attached hydrogen (secondary N) is 3. The maximum Gasteiger partial charge on any atom is 0.408 e. The van der Waals surface area contributed by atoms with Gasteiger partial charge in [-0.3, -0.25) is 0 Å². The summed E-state index contributed by atoms with van der Waals surface area (Å²) in [5.74, 6) is 0.650. The molecule has 1 aliphatic heterocycles. The first-order valence-corrected chi connectivity index (χ1v) is 8.27. The van der Waals surface area contributed by atoms with Crippen molar-refractivity contribution in [3.63, 3.8) is 0 Å². The third-order valence-electron chi connectivity index (χ3n) is 3.71. The van der Waals surface area contributed by atoms with Gasteiger partial charge in [-0.05, 0) is 38.5 Å². The van der Waals surface area contributed by atoms with E-state index in [2.05, 4.69) is 20.6 Å². The van der Waals surface area contributed by atoms with E-state index in [1.54, 1.807) is 4.90 Å². The van der Waals surface area contributed by atoms with Crippen molar-refractivity contribution < 1.29 is 14.3 Å². The maximum atomic E-state index is 11.7. The van der Waals surface area contributed by atoms with Crippen LogP contribution in [0.5, 0.6) is 0 Å². The standard InChI is InChI=1S/C17H23N5O3/c1-17(2,3)25-16(24)19-9-14-20-12-5-4-11(8-13(12)21-14)10-22-7-6-18-15(22)23/h4-5,8H,6-7,9-10H2,1-3H3,(H,18,23)(H,19,24)(H,20,21). The summed E-state index contributed by atoms with van der Waals surface area (Å²) in [5, 5.41) is 5.47. The number of nitrogens with zero attached hydrogens (tertiary/aromatic N) is 2. The molecule has 1 aliphatic rings. The number of ether oxygens (including phenoxy) is 1. The Morgan fingerprint density at radius 1 is 1.40 bits per heavy atom. The molecular weight excluding hydrogens is 322 g/mol. The van der Waals surface area contributed by atoms with Crippen LogP contribution in [0.4, 0.5) is 9.59 Å². The second kappa shape index (κ2) is 6.62. The van der Waals surface area contributed by atoms with Crippen LogP contribution in [0.25, 0.3) is 11.0 Å². The molecule has 25 heavy (non-hydrogen) atoms. The van der Waals surface area contributed by atoms with Gasteiger partial charge in [0.1, 0.15) is 11.4 Å². The monoisotopic (exact) mass is 345 g/mol. The van der Waals surface area contributed by atoms with E-state index in [1.165, 1.54) is 0 Å². The third-order valence-corrected chi connectivity index (χ3v) is 3.71. The molecule has 1 fully saturated rings. The molecule has 2 aromatic rings. The van der Waals surface area contributed by atoms with Crippen molar-refractivity contribution in [1.29, 1.82) is 0 Å². The molecule has 2 heterocycles. The quantitative estimate of drug-likeness (QED) is 0.790. The van der Waals surface area contributed by atoms with Crippen LogP contribution in [-0.4, -0.2) is 45.7 Å². The van der Waals surface area contributed by atoms with E-state index in [0.717, 1.165) is 16.6 Å². The molecule has 0 unspecified atom stereocenters. The van der Waals surface area contributed by atoms with Crippen molar-refractivity contribution in [3.05, 3.63) is 29.6 Å². The number of amides is 3. The zero-order chi connectivity index (χ0) is 18.0. The lowest BCUT2D eigenvalue weighted by Gasteiger charge is -2.19. The molecule has 8 nitrogen and oxygen atoms in total. The minimum atomic E-state index is -0.533. The Bertz CT molecular complexity index is 793. The number of carbonyl (C=O) groups excluding carboxylic acids is 2. The molecule has 0 saturated carbocycles. The van der Waals surface area contributed by atoms with E-state index in [-0.39, 0.29) is 12.6 Å². The van der Waals surface area contributed by atoms with E-state index in [0.29, 0.717) is 25.5 Å². The first-order chi connectivity index (χ1) is 11.8. The van der Waals surface area contributed by atoms with Gasteiger partial charge in [0.15, 0.2) is 0 Å². The number of rotatable bonds is 4. The highest BCUT2D eigenvalue weighted by Crippen LogP contribution is 2.16. The van der Waals surface area contributed by atoms with Gasteiger partial charge in [0.2, 0.25) is 0 Å². The lowest BCUT2D eigenvalue weighted by atomic mass is 10.2. The fourth-order valence-corrected chi connectivity index (χ4v) is 2.64. The van der Waals surface area contributed by atoms with Crippen molar-refractivity contribution in [2.24, 2.45) is 0 Å². The highest BCUT2D eigenvalue weighted by molar-refractivity contribution is 5.78. The Kier molecular flexibility index (Phi) is 4.52. The molecule has 0 spiro atoms. The van der Waals surface area contributed by atoms with Crippen LogP contribution >= 0.6 is 0 Å². The van der Waals surface area contributed by atoms with Gasteiger partial charge in [-0.1, -0.05) is 6.07 Å².